The number of hydrogen-bond acceptors (Lipinski definition) is 4. The minimum Gasteiger partial charge on any atom is -0.411 e. The number of para-hydroxylation sites is 1. The summed E-state index contributed by atoms with van der Waals surface area (Å²) in [6.45, 7) is 3.98. The Kier molecular flexibility index (Phi) is 3.41. The van der Waals surface area contributed by atoms with Crippen LogP contribution in [-0.2, 0) is 0 Å². The Morgan fingerprint density at radius 1 is 1.20 bits per heavy atom. The van der Waals surface area contributed by atoms with Crippen molar-refractivity contribution in [2.45, 2.75) is 19.8 Å². The molecule has 5 nitrogen and oxygen atoms in total. The van der Waals surface area contributed by atoms with Crippen LogP contribution >= 0.6 is 0 Å². The van der Waals surface area contributed by atoms with Gasteiger partial charge in [0.1, 0.15) is 5.82 Å². The van der Waals surface area contributed by atoms with Gasteiger partial charge in [0.15, 0.2) is 0 Å². The SMILES string of the molecule is Cc1nn(-c2ccccc2)c(N2CCCC2)c1/C=N\O. The molecule has 0 amide bonds. The van der Waals surface area contributed by atoms with Gasteiger partial charge in [0.05, 0.1) is 23.2 Å². The predicted molar refractivity (Wildman–Crippen MR) is 79.1 cm³/mol. The van der Waals surface area contributed by atoms with Gasteiger partial charge in [-0.15, -0.1) is 0 Å². The zero-order valence-corrected chi connectivity index (χ0v) is 11.5. The van der Waals surface area contributed by atoms with E-state index in [1.807, 2.05) is 41.9 Å². The van der Waals surface area contributed by atoms with Gasteiger partial charge in [0.2, 0.25) is 0 Å². The van der Waals surface area contributed by atoms with Crippen LogP contribution in [0.3, 0.4) is 0 Å². The highest BCUT2D eigenvalue weighted by atomic mass is 16.4. The molecule has 1 aliphatic rings. The number of anilines is 1. The van der Waals surface area contributed by atoms with Crippen molar-refractivity contribution in [3.63, 3.8) is 0 Å². The fourth-order valence-electron chi connectivity index (χ4n) is 2.72. The maximum Gasteiger partial charge on any atom is 0.141 e. The van der Waals surface area contributed by atoms with E-state index < -0.39 is 0 Å². The van der Waals surface area contributed by atoms with E-state index in [4.69, 9.17) is 5.21 Å². The molecule has 0 atom stereocenters. The van der Waals surface area contributed by atoms with Crippen LogP contribution in [0.25, 0.3) is 5.69 Å². The topological polar surface area (TPSA) is 53.7 Å². The van der Waals surface area contributed by atoms with Gasteiger partial charge in [-0.1, -0.05) is 23.4 Å². The minimum atomic E-state index is 0.869. The molecule has 2 heterocycles. The lowest BCUT2D eigenvalue weighted by atomic mass is 10.2. The molecule has 0 spiro atoms. The molecular formula is C15H18N4O. The minimum absolute atomic E-state index is 0.869. The van der Waals surface area contributed by atoms with Gasteiger partial charge in [-0.05, 0) is 31.9 Å². The Bertz CT molecular complexity index is 612. The zero-order chi connectivity index (χ0) is 13.9. The lowest BCUT2D eigenvalue weighted by Gasteiger charge is -2.20. The van der Waals surface area contributed by atoms with Crippen molar-refractivity contribution in [1.29, 1.82) is 0 Å². The van der Waals surface area contributed by atoms with Crippen LogP contribution in [0.1, 0.15) is 24.1 Å². The van der Waals surface area contributed by atoms with Crippen LogP contribution in [0, 0.1) is 6.92 Å². The third-order valence-corrected chi connectivity index (χ3v) is 3.67. The zero-order valence-electron chi connectivity index (χ0n) is 11.5. The summed E-state index contributed by atoms with van der Waals surface area (Å²) < 4.78 is 1.94. The van der Waals surface area contributed by atoms with Gasteiger partial charge in [0, 0.05) is 13.1 Å². The highest BCUT2D eigenvalue weighted by molar-refractivity contribution is 5.88. The predicted octanol–water partition coefficient (Wildman–Crippen LogP) is 2.59. The molecule has 20 heavy (non-hydrogen) atoms. The van der Waals surface area contributed by atoms with Crippen molar-refractivity contribution in [2.75, 3.05) is 18.0 Å². The Morgan fingerprint density at radius 2 is 1.90 bits per heavy atom. The molecule has 0 saturated carbocycles. The molecule has 2 aromatic rings. The monoisotopic (exact) mass is 270 g/mol. The highest BCUT2D eigenvalue weighted by Crippen LogP contribution is 2.28. The first-order valence-electron chi connectivity index (χ1n) is 6.88. The fraction of sp³-hybridized carbons (Fsp3) is 0.333. The first kappa shape index (κ1) is 12.7. The molecule has 0 radical (unpaired) electrons. The lowest BCUT2D eigenvalue weighted by Crippen LogP contribution is -2.22. The third-order valence-electron chi connectivity index (χ3n) is 3.67. The maximum absolute atomic E-state index is 8.91. The second kappa shape index (κ2) is 5.36. The van der Waals surface area contributed by atoms with Crippen molar-refractivity contribution < 1.29 is 5.21 Å². The molecule has 0 unspecified atom stereocenters. The second-order valence-corrected chi connectivity index (χ2v) is 5.01. The molecular weight excluding hydrogens is 252 g/mol. The van der Waals surface area contributed by atoms with Crippen molar-refractivity contribution in [3.05, 3.63) is 41.6 Å². The van der Waals surface area contributed by atoms with E-state index >= 15 is 0 Å². The number of rotatable bonds is 3. The summed E-state index contributed by atoms with van der Waals surface area (Å²) >= 11 is 0. The van der Waals surface area contributed by atoms with E-state index in [9.17, 15) is 0 Å². The number of benzene rings is 1. The summed E-state index contributed by atoms with van der Waals surface area (Å²) in [4.78, 5) is 2.31. The summed E-state index contributed by atoms with van der Waals surface area (Å²) in [5.41, 5.74) is 2.78. The number of oxime groups is 1. The highest BCUT2D eigenvalue weighted by Gasteiger charge is 2.23. The lowest BCUT2D eigenvalue weighted by molar-refractivity contribution is 0.322. The van der Waals surface area contributed by atoms with Crippen molar-refractivity contribution >= 4 is 12.0 Å². The van der Waals surface area contributed by atoms with Gasteiger partial charge in [-0.2, -0.15) is 5.10 Å². The number of nitrogens with zero attached hydrogens (tertiary/aromatic N) is 4. The smallest absolute Gasteiger partial charge is 0.141 e. The Labute approximate surface area is 118 Å². The van der Waals surface area contributed by atoms with Crippen LogP contribution in [0.2, 0.25) is 0 Å². The van der Waals surface area contributed by atoms with Gasteiger partial charge in [-0.3, -0.25) is 0 Å². The number of hydrogen-bond donors (Lipinski definition) is 1. The fourth-order valence-corrected chi connectivity index (χ4v) is 2.72. The van der Waals surface area contributed by atoms with Crippen LogP contribution in [0.5, 0.6) is 0 Å². The van der Waals surface area contributed by atoms with Crippen molar-refractivity contribution in [3.8, 4) is 5.69 Å². The molecule has 3 rings (SSSR count). The Morgan fingerprint density at radius 3 is 2.55 bits per heavy atom. The van der Waals surface area contributed by atoms with Gasteiger partial charge in [0.25, 0.3) is 0 Å². The van der Waals surface area contributed by atoms with E-state index in [1.54, 1.807) is 0 Å². The molecule has 1 N–H and O–H groups in total. The summed E-state index contributed by atoms with van der Waals surface area (Å²) in [6, 6.07) is 10.1. The molecule has 1 saturated heterocycles. The Hall–Kier alpha value is -2.30. The van der Waals surface area contributed by atoms with Crippen LogP contribution in [-0.4, -0.2) is 34.3 Å². The summed E-state index contributed by atoms with van der Waals surface area (Å²) in [7, 11) is 0. The maximum atomic E-state index is 8.91. The second-order valence-electron chi connectivity index (χ2n) is 5.01. The average molecular weight is 270 g/mol. The summed E-state index contributed by atoms with van der Waals surface area (Å²) in [5.74, 6) is 1.02. The van der Waals surface area contributed by atoms with Crippen LogP contribution in [0.4, 0.5) is 5.82 Å². The molecule has 1 aliphatic heterocycles. The van der Waals surface area contributed by atoms with Crippen molar-refractivity contribution in [1.82, 2.24) is 9.78 Å². The number of aryl methyl sites for hydroxylation is 1. The van der Waals surface area contributed by atoms with E-state index in [0.29, 0.717) is 0 Å². The first-order valence-corrected chi connectivity index (χ1v) is 6.88. The Balaban J connectivity index is 2.16. The van der Waals surface area contributed by atoms with E-state index in [-0.39, 0.29) is 0 Å². The van der Waals surface area contributed by atoms with E-state index in [1.165, 1.54) is 19.1 Å². The third kappa shape index (κ3) is 2.15. The molecule has 104 valence electrons. The van der Waals surface area contributed by atoms with Gasteiger partial charge < -0.3 is 10.1 Å². The molecule has 1 aromatic heterocycles. The normalized spacial score (nSPS) is 15.3. The summed E-state index contributed by atoms with van der Waals surface area (Å²) in [6.07, 6.45) is 3.86. The quantitative estimate of drug-likeness (QED) is 0.530. The average Bonchev–Trinajstić information content (AvgIpc) is 3.09. The first-order chi connectivity index (χ1) is 9.81. The standard InChI is InChI=1S/C15H18N4O/c1-12-14(11-16-20)15(18-9-5-6-10-18)19(17-12)13-7-3-2-4-8-13/h2-4,7-8,11,20H,5-6,9-10H2,1H3/b16-11-. The van der Waals surface area contributed by atoms with Crippen LogP contribution in [0.15, 0.2) is 35.5 Å². The van der Waals surface area contributed by atoms with Crippen LogP contribution < -0.4 is 4.90 Å². The van der Waals surface area contributed by atoms with Crippen molar-refractivity contribution in [2.24, 2.45) is 5.16 Å². The molecule has 1 fully saturated rings. The molecule has 1 aromatic carbocycles. The summed E-state index contributed by atoms with van der Waals surface area (Å²) in [5, 5.41) is 16.7. The van der Waals surface area contributed by atoms with Gasteiger partial charge >= 0.3 is 0 Å². The molecule has 5 heteroatoms. The molecule has 0 bridgehead atoms. The number of aromatic nitrogens is 2. The molecule has 0 aliphatic carbocycles. The van der Waals surface area contributed by atoms with E-state index in [0.717, 1.165) is 35.9 Å². The largest absolute Gasteiger partial charge is 0.411 e. The van der Waals surface area contributed by atoms with E-state index in [2.05, 4.69) is 15.2 Å². The van der Waals surface area contributed by atoms with Gasteiger partial charge in [-0.25, -0.2) is 4.68 Å².